The van der Waals surface area contributed by atoms with E-state index in [1.54, 1.807) is 24.8 Å². The number of halogens is 1. The van der Waals surface area contributed by atoms with Crippen molar-refractivity contribution in [1.29, 1.82) is 0 Å². The first kappa shape index (κ1) is 14.5. The highest BCUT2D eigenvalue weighted by atomic mass is 79.9. The van der Waals surface area contributed by atoms with E-state index in [1.807, 2.05) is 12.1 Å². The minimum absolute atomic E-state index is 0.702. The Morgan fingerprint density at radius 3 is 2.57 bits per heavy atom. The SMILES string of the molecule is Brc1cncc2nc(-c3ccncc3)nc(N3CCNCC3)c12. The highest BCUT2D eigenvalue weighted by Gasteiger charge is 2.19. The zero-order valence-corrected chi connectivity index (χ0v) is 14.0. The highest BCUT2D eigenvalue weighted by Crippen LogP contribution is 2.32. The summed E-state index contributed by atoms with van der Waals surface area (Å²) >= 11 is 3.60. The summed E-state index contributed by atoms with van der Waals surface area (Å²) in [5, 5.41) is 4.39. The quantitative estimate of drug-likeness (QED) is 0.746. The van der Waals surface area contributed by atoms with Crippen LogP contribution >= 0.6 is 15.9 Å². The van der Waals surface area contributed by atoms with Crippen molar-refractivity contribution in [2.75, 3.05) is 31.1 Å². The Labute approximate surface area is 142 Å². The van der Waals surface area contributed by atoms with Gasteiger partial charge in [-0.05, 0) is 28.1 Å². The predicted molar refractivity (Wildman–Crippen MR) is 93.3 cm³/mol. The molecule has 1 saturated heterocycles. The van der Waals surface area contributed by atoms with Gasteiger partial charge in [-0.2, -0.15) is 0 Å². The summed E-state index contributed by atoms with van der Waals surface area (Å²) in [5.41, 5.74) is 1.80. The van der Waals surface area contributed by atoms with E-state index in [0.717, 1.165) is 52.9 Å². The third-order valence-corrected chi connectivity index (χ3v) is 4.50. The molecule has 3 aromatic heterocycles. The average Bonchev–Trinajstić information content (AvgIpc) is 2.62. The van der Waals surface area contributed by atoms with Crippen molar-refractivity contribution in [3.05, 3.63) is 41.4 Å². The second-order valence-corrected chi connectivity index (χ2v) is 6.21. The van der Waals surface area contributed by atoms with Crippen LogP contribution in [0.15, 0.2) is 41.4 Å². The Morgan fingerprint density at radius 2 is 1.78 bits per heavy atom. The van der Waals surface area contributed by atoms with Crippen LogP contribution in [0.1, 0.15) is 0 Å². The van der Waals surface area contributed by atoms with Gasteiger partial charge in [-0.1, -0.05) is 0 Å². The Hall–Kier alpha value is -2.12. The number of pyridine rings is 2. The first-order valence-corrected chi connectivity index (χ1v) is 8.29. The molecule has 4 rings (SSSR count). The lowest BCUT2D eigenvalue weighted by molar-refractivity contribution is 0.586. The van der Waals surface area contributed by atoms with Gasteiger partial charge in [0.2, 0.25) is 0 Å². The van der Waals surface area contributed by atoms with Gasteiger partial charge in [0.05, 0.1) is 17.1 Å². The maximum absolute atomic E-state index is 4.86. The molecule has 0 aromatic carbocycles. The summed E-state index contributed by atoms with van der Waals surface area (Å²) in [6, 6.07) is 3.85. The van der Waals surface area contributed by atoms with E-state index in [-0.39, 0.29) is 0 Å². The molecule has 0 atom stereocenters. The molecule has 7 heteroatoms. The zero-order chi connectivity index (χ0) is 15.6. The summed E-state index contributed by atoms with van der Waals surface area (Å²) in [6.07, 6.45) is 7.10. The molecule has 0 bridgehead atoms. The van der Waals surface area contributed by atoms with Crippen LogP contribution in [-0.4, -0.2) is 46.1 Å². The van der Waals surface area contributed by atoms with Crippen molar-refractivity contribution in [2.24, 2.45) is 0 Å². The predicted octanol–water partition coefficient (Wildman–Crippen LogP) is 2.26. The third-order valence-electron chi connectivity index (χ3n) is 3.90. The molecule has 1 aliphatic rings. The van der Waals surface area contributed by atoms with Crippen LogP contribution in [0.5, 0.6) is 0 Å². The van der Waals surface area contributed by atoms with Crippen molar-refractivity contribution >= 4 is 32.7 Å². The van der Waals surface area contributed by atoms with Gasteiger partial charge in [0.25, 0.3) is 0 Å². The fourth-order valence-corrected chi connectivity index (χ4v) is 3.26. The minimum atomic E-state index is 0.702. The molecule has 0 unspecified atom stereocenters. The number of aromatic nitrogens is 4. The van der Waals surface area contributed by atoms with Gasteiger partial charge < -0.3 is 10.2 Å². The number of nitrogens with zero attached hydrogens (tertiary/aromatic N) is 5. The largest absolute Gasteiger partial charge is 0.353 e. The van der Waals surface area contributed by atoms with Crippen LogP contribution in [0, 0.1) is 0 Å². The van der Waals surface area contributed by atoms with Gasteiger partial charge in [-0.15, -0.1) is 0 Å². The Morgan fingerprint density at radius 1 is 1.00 bits per heavy atom. The van der Waals surface area contributed by atoms with Crippen LogP contribution in [0.3, 0.4) is 0 Å². The van der Waals surface area contributed by atoms with E-state index in [1.165, 1.54) is 0 Å². The van der Waals surface area contributed by atoms with Gasteiger partial charge in [0.15, 0.2) is 5.82 Å². The molecule has 0 radical (unpaired) electrons. The number of piperazine rings is 1. The molecule has 0 spiro atoms. The number of hydrogen-bond acceptors (Lipinski definition) is 6. The molecule has 3 aromatic rings. The fourth-order valence-electron chi connectivity index (χ4n) is 2.76. The van der Waals surface area contributed by atoms with Crippen molar-refractivity contribution in [3.8, 4) is 11.4 Å². The number of fused-ring (bicyclic) bond motifs is 1. The Kier molecular flexibility index (Phi) is 3.88. The van der Waals surface area contributed by atoms with Crippen molar-refractivity contribution in [1.82, 2.24) is 25.3 Å². The summed E-state index contributed by atoms with van der Waals surface area (Å²) in [5.74, 6) is 1.66. The van der Waals surface area contributed by atoms with Crippen molar-refractivity contribution in [3.63, 3.8) is 0 Å². The molecular formula is C16H15BrN6. The first-order chi connectivity index (χ1) is 11.3. The van der Waals surface area contributed by atoms with Crippen LogP contribution in [0.2, 0.25) is 0 Å². The van der Waals surface area contributed by atoms with Gasteiger partial charge >= 0.3 is 0 Å². The van der Waals surface area contributed by atoms with Crippen LogP contribution in [0.4, 0.5) is 5.82 Å². The maximum Gasteiger partial charge on any atom is 0.162 e. The summed E-state index contributed by atoms with van der Waals surface area (Å²) < 4.78 is 0.921. The molecule has 1 fully saturated rings. The molecule has 0 saturated carbocycles. The van der Waals surface area contributed by atoms with Crippen LogP contribution in [-0.2, 0) is 0 Å². The molecule has 116 valence electrons. The van der Waals surface area contributed by atoms with E-state index >= 15 is 0 Å². The van der Waals surface area contributed by atoms with E-state index in [4.69, 9.17) is 4.98 Å². The van der Waals surface area contributed by atoms with E-state index in [9.17, 15) is 0 Å². The third kappa shape index (κ3) is 2.77. The van der Waals surface area contributed by atoms with Crippen LogP contribution in [0.25, 0.3) is 22.3 Å². The standard InChI is InChI=1S/C16H15BrN6/c17-12-9-20-10-13-14(12)16(23-7-5-19-6-8-23)22-15(21-13)11-1-3-18-4-2-11/h1-4,9-10,19H,5-8H2. The molecule has 0 amide bonds. The van der Waals surface area contributed by atoms with Crippen molar-refractivity contribution in [2.45, 2.75) is 0 Å². The lowest BCUT2D eigenvalue weighted by atomic mass is 10.2. The highest BCUT2D eigenvalue weighted by molar-refractivity contribution is 9.10. The second kappa shape index (κ2) is 6.17. The Bertz CT molecular complexity index is 833. The van der Waals surface area contributed by atoms with Gasteiger partial charge in [-0.25, -0.2) is 9.97 Å². The van der Waals surface area contributed by atoms with E-state index < -0.39 is 0 Å². The van der Waals surface area contributed by atoms with E-state index in [2.05, 4.69) is 41.1 Å². The molecular weight excluding hydrogens is 356 g/mol. The fraction of sp³-hybridized carbons (Fsp3) is 0.250. The number of nitrogens with one attached hydrogen (secondary N) is 1. The Balaban J connectivity index is 1.93. The lowest BCUT2D eigenvalue weighted by Crippen LogP contribution is -2.44. The molecule has 1 N–H and O–H groups in total. The molecule has 4 heterocycles. The molecule has 0 aliphatic carbocycles. The normalized spacial score (nSPS) is 15.1. The summed E-state index contributed by atoms with van der Waals surface area (Å²) in [6.45, 7) is 3.77. The number of rotatable bonds is 2. The number of hydrogen-bond donors (Lipinski definition) is 1. The topological polar surface area (TPSA) is 66.8 Å². The second-order valence-electron chi connectivity index (χ2n) is 5.36. The first-order valence-electron chi connectivity index (χ1n) is 7.50. The van der Waals surface area contributed by atoms with Crippen LogP contribution < -0.4 is 10.2 Å². The molecule has 6 nitrogen and oxygen atoms in total. The molecule has 23 heavy (non-hydrogen) atoms. The number of anilines is 1. The average molecular weight is 371 g/mol. The van der Waals surface area contributed by atoms with Crippen molar-refractivity contribution < 1.29 is 0 Å². The lowest BCUT2D eigenvalue weighted by Gasteiger charge is -2.29. The zero-order valence-electron chi connectivity index (χ0n) is 12.4. The minimum Gasteiger partial charge on any atom is -0.353 e. The summed E-state index contributed by atoms with van der Waals surface area (Å²) in [4.78, 5) is 20.2. The summed E-state index contributed by atoms with van der Waals surface area (Å²) in [7, 11) is 0. The maximum atomic E-state index is 4.86. The van der Waals surface area contributed by atoms with Gasteiger partial charge in [0.1, 0.15) is 5.82 Å². The van der Waals surface area contributed by atoms with Gasteiger partial charge in [0, 0.05) is 54.8 Å². The smallest absolute Gasteiger partial charge is 0.162 e. The van der Waals surface area contributed by atoms with E-state index in [0.29, 0.717) is 5.82 Å². The monoisotopic (exact) mass is 370 g/mol. The van der Waals surface area contributed by atoms with Gasteiger partial charge in [-0.3, -0.25) is 9.97 Å². The molecule has 1 aliphatic heterocycles.